The topological polar surface area (TPSA) is 38.3 Å². The molecule has 0 aliphatic carbocycles. The second-order valence-corrected chi connectivity index (χ2v) is 4.80. The first-order valence-corrected chi connectivity index (χ1v) is 6.85. The summed E-state index contributed by atoms with van der Waals surface area (Å²) in [7, 11) is 0. The second kappa shape index (κ2) is 8.11. The van der Waals surface area contributed by atoms with Crippen LogP contribution in [0, 0.1) is 5.92 Å². The molecule has 88 valence electrons. The van der Waals surface area contributed by atoms with E-state index in [-0.39, 0.29) is 5.91 Å². The Morgan fingerprint density at radius 2 is 2.07 bits per heavy atom. The molecule has 0 bridgehead atoms. The molecule has 1 rings (SSSR count). The van der Waals surface area contributed by atoms with Crippen molar-refractivity contribution in [1.29, 1.82) is 0 Å². The van der Waals surface area contributed by atoms with Crippen LogP contribution in [-0.4, -0.2) is 31.0 Å². The van der Waals surface area contributed by atoms with Crippen LogP contribution in [0.5, 0.6) is 0 Å². The Morgan fingerprint density at radius 3 is 2.73 bits per heavy atom. The van der Waals surface area contributed by atoms with Crippen LogP contribution in [0.25, 0.3) is 0 Å². The van der Waals surface area contributed by atoms with Crippen LogP contribution in [0.3, 0.4) is 0 Å². The van der Waals surface area contributed by atoms with Gasteiger partial charge >= 0.3 is 0 Å². The first kappa shape index (κ1) is 13.0. The summed E-state index contributed by atoms with van der Waals surface area (Å²) in [5, 5.41) is 3.99. The molecule has 1 N–H and O–H groups in total. The van der Waals surface area contributed by atoms with Crippen molar-refractivity contribution in [3.63, 3.8) is 0 Å². The van der Waals surface area contributed by atoms with Crippen LogP contribution < -0.4 is 5.32 Å². The molecule has 1 aliphatic rings. The van der Waals surface area contributed by atoms with Gasteiger partial charge in [-0.2, -0.15) is 0 Å². The largest absolute Gasteiger partial charge is 0.381 e. The molecule has 1 amide bonds. The van der Waals surface area contributed by atoms with Crippen molar-refractivity contribution in [1.82, 2.24) is 5.32 Å². The van der Waals surface area contributed by atoms with E-state index in [9.17, 15) is 4.79 Å². The van der Waals surface area contributed by atoms with Crippen molar-refractivity contribution in [2.75, 3.05) is 25.1 Å². The highest BCUT2D eigenvalue weighted by molar-refractivity contribution is 9.09. The van der Waals surface area contributed by atoms with Gasteiger partial charge in [-0.1, -0.05) is 15.9 Å². The van der Waals surface area contributed by atoms with E-state index in [2.05, 4.69) is 21.2 Å². The summed E-state index contributed by atoms with van der Waals surface area (Å²) >= 11 is 3.36. The van der Waals surface area contributed by atoms with E-state index in [0.29, 0.717) is 12.3 Å². The minimum atomic E-state index is 0.197. The molecule has 1 saturated heterocycles. The van der Waals surface area contributed by atoms with Gasteiger partial charge in [-0.3, -0.25) is 4.79 Å². The summed E-state index contributed by atoms with van der Waals surface area (Å²) in [4.78, 5) is 11.4. The number of ether oxygens (including phenoxy) is 1. The van der Waals surface area contributed by atoms with Crippen LogP contribution in [0.2, 0.25) is 0 Å². The van der Waals surface area contributed by atoms with E-state index in [1.807, 2.05) is 0 Å². The number of rotatable bonds is 6. The highest BCUT2D eigenvalue weighted by atomic mass is 79.9. The Bertz CT molecular complexity index is 181. The predicted molar refractivity (Wildman–Crippen MR) is 64.2 cm³/mol. The predicted octanol–water partition coefficient (Wildman–Crippen LogP) is 2.09. The number of halogens is 1. The summed E-state index contributed by atoms with van der Waals surface area (Å²) in [6.07, 6.45) is 4.88. The quantitative estimate of drug-likeness (QED) is 0.597. The third kappa shape index (κ3) is 6.15. The van der Waals surface area contributed by atoms with Crippen LogP contribution in [-0.2, 0) is 9.53 Å². The second-order valence-electron chi connectivity index (χ2n) is 4.01. The van der Waals surface area contributed by atoms with Gasteiger partial charge in [-0.05, 0) is 31.6 Å². The van der Waals surface area contributed by atoms with E-state index < -0.39 is 0 Å². The summed E-state index contributed by atoms with van der Waals surface area (Å²) in [6, 6.07) is 0. The summed E-state index contributed by atoms with van der Waals surface area (Å²) in [5.74, 6) is 0.821. The number of nitrogens with one attached hydrogen (secondary N) is 1. The lowest BCUT2D eigenvalue weighted by Crippen LogP contribution is -2.31. The van der Waals surface area contributed by atoms with Gasteiger partial charge in [0.25, 0.3) is 0 Å². The van der Waals surface area contributed by atoms with Gasteiger partial charge < -0.3 is 10.1 Å². The van der Waals surface area contributed by atoms with Crippen LogP contribution in [0.1, 0.15) is 32.1 Å². The van der Waals surface area contributed by atoms with Crippen molar-refractivity contribution in [2.45, 2.75) is 32.1 Å². The van der Waals surface area contributed by atoms with Crippen molar-refractivity contribution in [3.8, 4) is 0 Å². The average molecular weight is 278 g/mol. The maximum absolute atomic E-state index is 11.4. The molecule has 0 aromatic carbocycles. The highest BCUT2D eigenvalue weighted by Crippen LogP contribution is 2.13. The SMILES string of the molecule is O=C(CCCCBr)NCC1CCOCC1. The summed E-state index contributed by atoms with van der Waals surface area (Å²) in [5.41, 5.74) is 0. The molecule has 0 aromatic rings. The van der Waals surface area contributed by atoms with Gasteiger partial charge in [0.15, 0.2) is 0 Å². The Morgan fingerprint density at radius 1 is 1.33 bits per heavy atom. The van der Waals surface area contributed by atoms with Crippen LogP contribution in [0.4, 0.5) is 0 Å². The minimum Gasteiger partial charge on any atom is -0.381 e. The first-order chi connectivity index (χ1) is 7.33. The molecular weight excluding hydrogens is 258 g/mol. The number of hydrogen-bond acceptors (Lipinski definition) is 2. The molecule has 4 heteroatoms. The highest BCUT2D eigenvalue weighted by Gasteiger charge is 2.14. The van der Waals surface area contributed by atoms with E-state index in [1.54, 1.807) is 0 Å². The number of carbonyl (C=O) groups is 1. The van der Waals surface area contributed by atoms with E-state index in [1.165, 1.54) is 0 Å². The van der Waals surface area contributed by atoms with Crippen molar-refractivity contribution in [3.05, 3.63) is 0 Å². The van der Waals surface area contributed by atoms with Gasteiger partial charge in [0, 0.05) is 31.5 Å². The third-order valence-corrected chi connectivity index (χ3v) is 3.28. The molecular formula is C11H20BrNO2. The van der Waals surface area contributed by atoms with E-state index in [0.717, 1.165) is 50.8 Å². The minimum absolute atomic E-state index is 0.197. The molecule has 0 atom stereocenters. The number of amides is 1. The molecule has 0 spiro atoms. The van der Waals surface area contributed by atoms with Crippen molar-refractivity contribution in [2.24, 2.45) is 5.92 Å². The van der Waals surface area contributed by atoms with Gasteiger partial charge in [-0.25, -0.2) is 0 Å². The molecule has 0 unspecified atom stereocenters. The first-order valence-electron chi connectivity index (χ1n) is 5.73. The maximum Gasteiger partial charge on any atom is 0.220 e. The molecule has 1 aliphatic heterocycles. The van der Waals surface area contributed by atoms with Gasteiger partial charge in [0.1, 0.15) is 0 Å². The standard InChI is InChI=1S/C11H20BrNO2/c12-6-2-1-3-11(14)13-9-10-4-7-15-8-5-10/h10H,1-9H2,(H,13,14). The van der Waals surface area contributed by atoms with Crippen LogP contribution >= 0.6 is 15.9 Å². The molecule has 0 radical (unpaired) electrons. The fraction of sp³-hybridized carbons (Fsp3) is 0.909. The number of carbonyl (C=O) groups excluding carboxylic acids is 1. The van der Waals surface area contributed by atoms with Crippen LogP contribution in [0.15, 0.2) is 0 Å². The van der Waals surface area contributed by atoms with Gasteiger partial charge in [0.05, 0.1) is 0 Å². The number of hydrogen-bond donors (Lipinski definition) is 1. The van der Waals surface area contributed by atoms with Crippen molar-refractivity contribution < 1.29 is 9.53 Å². The molecule has 1 heterocycles. The summed E-state index contributed by atoms with van der Waals surface area (Å²) in [6.45, 7) is 2.53. The number of unbranched alkanes of at least 4 members (excludes halogenated alkanes) is 1. The fourth-order valence-electron chi connectivity index (χ4n) is 1.68. The Labute approximate surface area is 100 Å². The Hall–Kier alpha value is -0.0900. The molecule has 1 fully saturated rings. The molecule has 0 aromatic heterocycles. The smallest absolute Gasteiger partial charge is 0.220 e. The average Bonchev–Trinajstić information content (AvgIpc) is 2.28. The molecule has 0 saturated carbocycles. The third-order valence-electron chi connectivity index (χ3n) is 2.72. The monoisotopic (exact) mass is 277 g/mol. The number of alkyl halides is 1. The maximum atomic E-state index is 11.4. The van der Waals surface area contributed by atoms with Gasteiger partial charge in [0.2, 0.25) is 5.91 Å². The Kier molecular flexibility index (Phi) is 7.01. The normalized spacial score (nSPS) is 17.7. The Balaban J connectivity index is 2.00. The molecule has 15 heavy (non-hydrogen) atoms. The lowest BCUT2D eigenvalue weighted by atomic mass is 10.0. The lowest BCUT2D eigenvalue weighted by molar-refractivity contribution is -0.121. The van der Waals surface area contributed by atoms with Gasteiger partial charge in [-0.15, -0.1) is 0 Å². The molecule has 3 nitrogen and oxygen atoms in total. The lowest BCUT2D eigenvalue weighted by Gasteiger charge is -2.22. The van der Waals surface area contributed by atoms with E-state index in [4.69, 9.17) is 4.74 Å². The fourth-order valence-corrected chi connectivity index (χ4v) is 2.07. The zero-order valence-corrected chi connectivity index (χ0v) is 10.7. The van der Waals surface area contributed by atoms with E-state index >= 15 is 0 Å². The zero-order valence-electron chi connectivity index (χ0n) is 9.14. The zero-order chi connectivity index (χ0) is 10.9. The van der Waals surface area contributed by atoms with Crippen molar-refractivity contribution >= 4 is 21.8 Å². The summed E-state index contributed by atoms with van der Waals surface area (Å²) < 4.78 is 5.27.